The molecule has 0 unspecified atom stereocenters. The van der Waals surface area contributed by atoms with Crippen LogP contribution in [0.25, 0.3) is 16.9 Å². The van der Waals surface area contributed by atoms with E-state index in [2.05, 4.69) is 64.2 Å². The van der Waals surface area contributed by atoms with Crippen molar-refractivity contribution in [3.8, 4) is 16.9 Å². The van der Waals surface area contributed by atoms with Gasteiger partial charge in [0.2, 0.25) is 5.16 Å². The number of rotatable bonds is 11. The third kappa shape index (κ3) is 6.05. The first-order chi connectivity index (χ1) is 17.8. The number of aryl methyl sites for hydroxylation is 1. The van der Waals surface area contributed by atoms with Crippen LogP contribution in [-0.2, 0) is 13.1 Å². The Morgan fingerprint density at radius 1 is 0.861 bits per heavy atom. The summed E-state index contributed by atoms with van der Waals surface area (Å²) in [5.41, 5.74) is 6.35. The van der Waals surface area contributed by atoms with Crippen LogP contribution in [0.4, 0.5) is 0 Å². The highest BCUT2D eigenvalue weighted by atomic mass is 32.2. The predicted molar refractivity (Wildman–Crippen MR) is 142 cm³/mol. The molecule has 0 amide bonds. The second-order valence-corrected chi connectivity index (χ2v) is 9.53. The van der Waals surface area contributed by atoms with E-state index in [-0.39, 0.29) is 0 Å². The first-order valence-corrected chi connectivity index (χ1v) is 13.0. The van der Waals surface area contributed by atoms with Gasteiger partial charge in [-0.05, 0) is 48.0 Å². The molecule has 0 saturated heterocycles. The largest absolute Gasteiger partial charge is 0.311 e. The normalized spacial score (nSPS) is 11.1. The van der Waals surface area contributed by atoms with Crippen LogP contribution < -0.4 is 5.32 Å². The zero-order valence-corrected chi connectivity index (χ0v) is 21.0. The fraction of sp³-hybridized carbons (Fsp3) is 0.222. The molecule has 182 valence electrons. The van der Waals surface area contributed by atoms with Gasteiger partial charge in [-0.1, -0.05) is 90.1 Å². The van der Waals surface area contributed by atoms with E-state index in [4.69, 9.17) is 10.2 Å². The summed E-state index contributed by atoms with van der Waals surface area (Å²) in [6, 6.07) is 28.7. The number of thioether (sulfide) groups is 1. The number of hydrogen-bond acceptors (Lipinski definition) is 7. The van der Waals surface area contributed by atoms with Gasteiger partial charge < -0.3 is 5.32 Å². The molecule has 0 atom stereocenters. The van der Waals surface area contributed by atoms with Crippen molar-refractivity contribution in [3.05, 3.63) is 102 Å². The maximum absolute atomic E-state index is 4.82. The third-order valence-electron chi connectivity index (χ3n) is 5.68. The van der Waals surface area contributed by atoms with Crippen LogP contribution in [0.1, 0.15) is 23.2 Å². The Morgan fingerprint density at radius 2 is 1.61 bits per heavy atom. The summed E-state index contributed by atoms with van der Waals surface area (Å²) in [7, 11) is 0. The highest BCUT2D eigenvalue weighted by Gasteiger charge is 2.13. The number of benzene rings is 3. The lowest BCUT2D eigenvalue weighted by atomic mass is 10.1. The van der Waals surface area contributed by atoms with Crippen LogP contribution in [0, 0.1) is 6.92 Å². The molecule has 2 heterocycles. The van der Waals surface area contributed by atoms with E-state index in [1.165, 1.54) is 11.1 Å². The molecular weight excluding hydrogens is 468 g/mol. The molecule has 0 aliphatic carbocycles. The van der Waals surface area contributed by atoms with Crippen molar-refractivity contribution in [3.63, 3.8) is 0 Å². The summed E-state index contributed by atoms with van der Waals surface area (Å²) in [5, 5.41) is 26.1. The zero-order valence-electron chi connectivity index (χ0n) is 20.2. The van der Waals surface area contributed by atoms with Gasteiger partial charge in [0.1, 0.15) is 11.4 Å². The average molecular weight is 497 g/mol. The Balaban J connectivity index is 1.17. The van der Waals surface area contributed by atoms with E-state index in [1.54, 1.807) is 21.2 Å². The summed E-state index contributed by atoms with van der Waals surface area (Å²) in [6.45, 7) is 4.26. The smallest absolute Gasteiger partial charge is 0.214 e. The number of tetrazole rings is 1. The molecule has 3 aromatic carbocycles. The van der Waals surface area contributed by atoms with Crippen molar-refractivity contribution in [2.75, 3.05) is 12.3 Å². The molecule has 0 radical (unpaired) electrons. The lowest BCUT2D eigenvalue weighted by Crippen LogP contribution is -2.16. The minimum absolute atomic E-state index is 0.646. The highest BCUT2D eigenvalue weighted by molar-refractivity contribution is 7.99. The Labute approximate surface area is 214 Å². The molecule has 36 heavy (non-hydrogen) atoms. The van der Waals surface area contributed by atoms with Crippen molar-refractivity contribution < 1.29 is 0 Å². The predicted octanol–water partition coefficient (Wildman–Crippen LogP) is 4.55. The van der Waals surface area contributed by atoms with Crippen LogP contribution >= 0.6 is 11.8 Å². The summed E-state index contributed by atoms with van der Waals surface area (Å²) in [4.78, 5) is 1.79. The molecule has 8 nitrogen and oxygen atoms in total. The SMILES string of the molecule is Cc1ccc(Cn2nc(CNCCCSc3nnnn3-c3ccccc3)c(-c3ccccc3)n2)cc1. The quantitative estimate of drug-likeness (QED) is 0.212. The summed E-state index contributed by atoms with van der Waals surface area (Å²) >= 11 is 1.66. The van der Waals surface area contributed by atoms with E-state index in [1.807, 2.05) is 48.5 Å². The van der Waals surface area contributed by atoms with Gasteiger partial charge in [0.25, 0.3) is 0 Å². The van der Waals surface area contributed by atoms with Gasteiger partial charge in [-0.15, -0.1) is 5.10 Å². The Bertz CT molecular complexity index is 1360. The van der Waals surface area contributed by atoms with E-state index in [0.717, 1.165) is 46.5 Å². The van der Waals surface area contributed by atoms with Crippen LogP contribution in [-0.4, -0.2) is 47.5 Å². The summed E-state index contributed by atoms with van der Waals surface area (Å²) in [6.07, 6.45) is 0.977. The topological polar surface area (TPSA) is 86.3 Å². The molecule has 0 bridgehead atoms. The van der Waals surface area contributed by atoms with Crippen molar-refractivity contribution in [1.82, 2.24) is 40.5 Å². The lowest BCUT2D eigenvalue weighted by molar-refractivity contribution is 0.576. The fourth-order valence-electron chi connectivity index (χ4n) is 3.82. The summed E-state index contributed by atoms with van der Waals surface area (Å²) < 4.78 is 1.77. The van der Waals surface area contributed by atoms with Gasteiger partial charge in [-0.2, -0.15) is 19.7 Å². The van der Waals surface area contributed by atoms with Gasteiger partial charge in [0, 0.05) is 17.9 Å². The van der Waals surface area contributed by atoms with Crippen LogP contribution in [0.5, 0.6) is 0 Å². The minimum atomic E-state index is 0.646. The van der Waals surface area contributed by atoms with E-state index < -0.39 is 0 Å². The molecule has 9 heteroatoms. The molecule has 0 fully saturated rings. The number of para-hydroxylation sites is 1. The van der Waals surface area contributed by atoms with Gasteiger partial charge in [0.15, 0.2) is 0 Å². The average Bonchev–Trinajstić information content (AvgIpc) is 3.55. The molecule has 0 spiro atoms. The van der Waals surface area contributed by atoms with Crippen molar-refractivity contribution in [1.29, 1.82) is 0 Å². The number of hydrogen-bond donors (Lipinski definition) is 1. The van der Waals surface area contributed by atoms with E-state index >= 15 is 0 Å². The van der Waals surface area contributed by atoms with Gasteiger partial charge in [-0.3, -0.25) is 0 Å². The minimum Gasteiger partial charge on any atom is -0.311 e. The number of nitrogens with zero attached hydrogens (tertiary/aromatic N) is 7. The number of nitrogens with one attached hydrogen (secondary N) is 1. The Morgan fingerprint density at radius 3 is 2.39 bits per heavy atom. The fourth-order valence-corrected chi connectivity index (χ4v) is 4.65. The van der Waals surface area contributed by atoms with Crippen LogP contribution in [0.15, 0.2) is 90.1 Å². The monoisotopic (exact) mass is 496 g/mol. The lowest BCUT2D eigenvalue weighted by Gasteiger charge is -2.05. The molecule has 0 saturated carbocycles. The standard InChI is InChI=1S/C27H28N8S/c1-21-13-15-22(16-14-21)20-34-30-25(26(31-34)23-9-4-2-5-10-23)19-28-17-8-18-36-27-29-32-33-35(27)24-11-6-3-7-12-24/h2-7,9-16,28H,8,17-20H2,1H3. The third-order valence-corrected chi connectivity index (χ3v) is 6.69. The Hall–Kier alpha value is -3.82. The first kappa shape index (κ1) is 23.9. The van der Waals surface area contributed by atoms with Crippen LogP contribution in [0.2, 0.25) is 0 Å². The van der Waals surface area contributed by atoms with E-state index in [9.17, 15) is 0 Å². The first-order valence-electron chi connectivity index (χ1n) is 12.0. The zero-order chi connectivity index (χ0) is 24.6. The van der Waals surface area contributed by atoms with Gasteiger partial charge >= 0.3 is 0 Å². The number of aromatic nitrogens is 7. The molecule has 0 aliphatic rings. The highest BCUT2D eigenvalue weighted by Crippen LogP contribution is 2.21. The van der Waals surface area contributed by atoms with E-state index in [0.29, 0.717) is 13.1 Å². The second kappa shape index (κ2) is 11.7. The van der Waals surface area contributed by atoms with Gasteiger partial charge in [0.05, 0.1) is 12.2 Å². The Kier molecular flexibility index (Phi) is 7.80. The molecule has 2 aromatic heterocycles. The molecule has 5 aromatic rings. The van der Waals surface area contributed by atoms with Crippen LogP contribution in [0.3, 0.4) is 0 Å². The summed E-state index contributed by atoms with van der Waals surface area (Å²) in [5.74, 6) is 0.909. The second-order valence-electron chi connectivity index (χ2n) is 8.46. The van der Waals surface area contributed by atoms with Crippen molar-refractivity contribution >= 4 is 11.8 Å². The van der Waals surface area contributed by atoms with Gasteiger partial charge in [-0.25, -0.2) is 0 Å². The maximum atomic E-state index is 4.82. The maximum Gasteiger partial charge on any atom is 0.214 e. The van der Waals surface area contributed by atoms with Crippen molar-refractivity contribution in [2.45, 2.75) is 31.6 Å². The van der Waals surface area contributed by atoms with Crippen molar-refractivity contribution in [2.24, 2.45) is 0 Å². The molecule has 5 rings (SSSR count). The molecular formula is C27H28N8S. The molecule has 1 N–H and O–H groups in total. The molecule has 0 aliphatic heterocycles.